The number of carbonyl (C=O) groups is 1. The van der Waals surface area contributed by atoms with Crippen molar-refractivity contribution in [3.05, 3.63) is 85.3 Å². The number of nitrogens with one attached hydrogen (secondary N) is 1. The number of pyridine rings is 1. The standard InChI is InChI=1S/C18H14N6O/c25-18(15-2-1-8-19-12-15)22-24-10-7-17(21-24)14-3-5-16(6-4-14)23-11-9-20-13-23/h1-13H,(H,22,25). The van der Waals surface area contributed by atoms with Gasteiger partial charge in [-0.1, -0.05) is 12.1 Å². The van der Waals surface area contributed by atoms with Crippen molar-refractivity contribution in [3.8, 4) is 16.9 Å². The van der Waals surface area contributed by atoms with E-state index in [1.165, 1.54) is 11.0 Å². The van der Waals surface area contributed by atoms with Gasteiger partial charge >= 0.3 is 0 Å². The Labute approximate surface area is 143 Å². The van der Waals surface area contributed by atoms with E-state index in [0.717, 1.165) is 16.9 Å². The first-order chi connectivity index (χ1) is 12.3. The molecule has 0 saturated heterocycles. The van der Waals surface area contributed by atoms with Crippen LogP contribution in [-0.4, -0.2) is 30.3 Å². The Kier molecular flexibility index (Phi) is 3.80. The maximum atomic E-state index is 12.1. The lowest BCUT2D eigenvalue weighted by atomic mass is 10.1. The summed E-state index contributed by atoms with van der Waals surface area (Å²) in [5.41, 5.74) is 5.92. The zero-order valence-electron chi connectivity index (χ0n) is 13.1. The summed E-state index contributed by atoms with van der Waals surface area (Å²) in [7, 11) is 0. The molecular formula is C18H14N6O. The molecular weight excluding hydrogens is 316 g/mol. The number of amides is 1. The van der Waals surface area contributed by atoms with Crippen LogP contribution in [0.25, 0.3) is 16.9 Å². The van der Waals surface area contributed by atoms with Gasteiger partial charge in [0, 0.05) is 42.2 Å². The lowest BCUT2D eigenvalue weighted by molar-refractivity contribution is 0.100. The molecule has 122 valence electrons. The van der Waals surface area contributed by atoms with E-state index in [9.17, 15) is 4.79 Å². The molecule has 3 aromatic heterocycles. The fourth-order valence-electron chi connectivity index (χ4n) is 2.42. The third-order valence-electron chi connectivity index (χ3n) is 3.69. The molecule has 7 nitrogen and oxygen atoms in total. The molecule has 0 atom stereocenters. The van der Waals surface area contributed by atoms with E-state index in [4.69, 9.17) is 0 Å². The molecule has 7 heteroatoms. The van der Waals surface area contributed by atoms with Crippen LogP contribution in [0.3, 0.4) is 0 Å². The van der Waals surface area contributed by atoms with Gasteiger partial charge in [0.15, 0.2) is 0 Å². The topological polar surface area (TPSA) is 77.6 Å². The van der Waals surface area contributed by atoms with Crippen LogP contribution in [0, 0.1) is 0 Å². The van der Waals surface area contributed by atoms with Gasteiger partial charge in [-0.3, -0.25) is 9.78 Å². The normalized spacial score (nSPS) is 10.6. The lowest BCUT2D eigenvalue weighted by Gasteiger charge is -2.05. The highest BCUT2D eigenvalue weighted by Gasteiger charge is 2.08. The van der Waals surface area contributed by atoms with E-state index < -0.39 is 0 Å². The minimum absolute atomic E-state index is 0.266. The van der Waals surface area contributed by atoms with Gasteiger partial charge in [-0.05, 0) is 30.3 Å². The summed E-state index contributed by atoms with van der Waals surface area (Å²) in [5.74, 6) is -0.266. The number of benzene rings is 1. The van der Waals surface area contributed by atoms with Crippen LogP contribution in [-0.2, 0) is 0 Å². The van der Waals surface area contributed by atoms with Crippen LogP contribution >= 0.6 is 0 Å². The summed E-state index contributed by atoms with van der Waals surface area (Å²) < 4.78 is 1.93. The third-order valence-corrected chi connectivity index (χ3v) is 3.69. The smallest absolute Gasteiger partial charge is 0.272 e. The van der Waals surface area contributed by atoms with E-state index in [-0.39, 0.29) is 5.91 Å². The van der Waals surface area contributed by atoms with Crippen LogP contribution in [0.1, 0.15) is 10.4 Å². The average molecular weight is 330 g/mol. The second kappa shape index (κ2) is 6.40. The third kappa shape index (κ3) is 3.16. The molecule has 1 amide bonds. The molecule has 4 rings (SSSR count). The van der Waals surface area contributed by atoms with E-state index in [1.54, 1.807) is 37.1 Å². The van der Waals surface area contributed by atoms with Crippen LogP contribution < -0.4 is 5.43 Å². The number of rotatable bonds is 4. The quantitative estimate of drug-likeness (QED) is 0.624. The first kappa shape index (κ1) is 14.8. The molecule has 25 heavy (non-hydrogen) atoms. The largest absolute Gasteiger partial charge is 0.306 e. The van der Waals surface area contributed by atoms with Crippen molar-refractivity contribution < 1.29 is 4.79 Å². The van der Waals surface area contributed by atoms with Crippen LogP contribution in [0.4, 0.5) is 0 Å². The summed E-state index contributed by atoms with van der Waals surface area (Å²) >= 11 is 0. The van der Waals surface area contributed by atoms with Crippen molar-refractivity contribution in [2.24, 2.45) is 0 Å². The van der Waals surface area contributed by atoms with Crippen molar-refractivity contribution in [1.29, 1.82) is 0 Å². The highest BCUT2D eigenvalue weighted by atomic mass is 16.2. The van der Waals surface area contributed by atoms with Crippen molar-refractivity contribution in [1.82, 2.24) is 24.4 Å². The molecule has 0 aliphatic carbocycles. The SMILES string of the molecule is O=C(Nn1ccc(-c2ccc(-n3ccnc3)cc2)n1)c1cccnc1. The fourth-order valence-corrected chi connectivity index (χ4v) is 2.42. The van der Waals surface area contributed by atoms with Crippen molar-refractivity contribution in [2.45, 2.75) is 0 Å². The summed E-state index contributed by atoms with van der Waals surface area (Å²) in [4.78, 5) is 21.5. The van der Waals surface area contributed by atoms with Gasteiger partial charge < -0.3 is 4.57 Å². The Morgan fingerprint density at radius 1 is 0.960 bits per heavy atom. The Bertz CT molecular complexity index is 974. The van der Waals surface area contributed by atoms with E-state index in [1.807, 2.05) is 41.1 Å². The zero-order chi connectivity index (χ0) is 17.1. The number of nitrogens with zero attached hydrogens (tertiary/aromatic N) is 5. The Balaban J connectivity index is 1.50. The minimum atomic E-state index is -0.266. The van der Waals surface area contributed by atoms with Gasteiger partial charge in [-0.15, -0.1) is 0 Å². The maximum absolute atomic E-state index is 12.1. The number of carbonyl (C=O) groups excluding carboxylic acids is 1. The number of hydrogen-bond acceptors (Lipinski definition) is 4. The first-order valence-electron chi connectivity index (χ1n) is 7.65. The van der Waals surface area contributed by atoms with Crippen molar-refractivity contribution in [3.63, 3.8) is 0 Å². The van der Waals surface area contributed by atoms with Crippen LogP contribution in [0.2, 0.25) is 0 Å². The Morgan fingerprint density at radius 2 is 1.84 bits per heavy atom. The van der Waals surface area contributed by atoms with Gasteiger partial charge in [-0.2, -0.15) is 9.89 Å². The Morgan fingerprint density at radius 3 is 2.56 bits per heavy atom. The summed E-state index contributed by atoms with van der Waals surface area (Å²) in [5, 5.41) is 4.38. The molecule has 0 aliphatic heterocycles. The highest BCUT2D eigenvalue weighted by molar-refractivity contribution is 5.99. The molecule has 0 bridgehead atoms. The van der Waals surface area contributed by atoms with Crippen LogP contribution in [0.5, 0.6) is 0 Å². The number of hydrogen-bond donors (Lipinski definition) is 1. The Hall–Kier alpha value is -3.74. The molecule has 0 fully saturated rings. The maximum Gasteiger partial charge on any atom is 0.272 e. The van der Waals surface area contributed by atoms with E-state index in [0.29, 0.717) is 5.56 Å². The minimum Gasteiger partial charge on any atom is -0.306 e. The number of aromatic nitrogens is 5. The number of imidazole rings is 1. The summed E-state index contributed by atoms with van der Waals surface area (Å²) in [6.07, 6.45) is 10.2. The molecule has 0 radical (unpaired) electrons. The van der Waals surface area contributed by atoms with Gasteiger partial charge in [0.2, 0.25) is 0 Å². The van der Waals surface area contributed by atoms with Crippen molar-refractivity contribution in [2.75, 3.05) is 5.43 Å². The molecule has 0 spiro atoms. The average Bonchev–Trinajstić information content (AvgIpc) is 3.35. The molecule has 3 heterocycles. The second-order valence-corrected chi connectivity index (χ2v) is 5.35. The molecule has 1 N–H and O–H groups in total. The molecule has 4 aromatic rings. The van der Waals surface area contributed by atoms with Crippen molar-refractivity contribution >= 4 is 5.91 Å². The lowest BCUT2D eigenvalue weighted by Crippen LogP contribution is -2.23. The van der Waals surface area contributed by atoms with E-state index in [2.05, 4.69) is 20.5 Å². The molecule has 0 aliphatic rings. The summed E-state index contributed by atoms with van der Waals surface area (Å²) in [6.45, 7) is 0. The van der Waals surface area contributed by atoms with Crippen LogP contribution in [0.15, 0.2) is 79.8 Å². The molecule has 0 saturated carbocycles. The zero-order valence-corrected chi connectivity index (χ0v) is 13.1. The highest BCUT2D eigenvalue weighted by Crippen LogP contribution is 2.19. The second-order valence-electron chi connectivity index (χ2n) is 5.35. The van der Waals surface area contributed by atoms with Gasteiger partial charge in [0.25, 0.3) is 5.91 Å². The van der Waals surface area contributed by atoms with Gasteiger partial charge in [0.05, 0.1) is 17.6 Å². The predicted octanol–water partition coefficient (Wildman–Crippen LogP) is 2.51. The van der Waals surface area contributed by atoms with Gasteiger partial charge in [0.1, 0.15) is 0 Å². The van der Waals surface area contributed by atoms with E-state index >= 15 is 0 Å². The fraction of sp³-hybridized carbons (Fsp3) is 0. The first-order valence-corrected chi connectivity index (χ1v) is 7.65. The predicted molar refractivity (Wildman–Crippen MR) is 92.7 cm³/mol. The summed E-state index contributed by atoms with van der Waals surface area (Å²) in [6, 6.07) is 13.2. The molecule has 0 unspecified atom stereocenters. The molecule has 1 aromatic carbocycles. The monoisotopic (exact) mass is 330 g/mol. The van der Waals surface area contributed by atoms with Gasteiger partial charge in [-0.25, -0.2) is 10.4 Å².